The first-order valence-electron chi connectivity index (χ1n) is 12.1. The Hall–Kier alpha value is -3.17. The Morgan fingerprint density at radius 2 is 1.91 bits per heavy atom. The van der Waals surface area contributed by atoms with Crippen molar-refractivity contribution in [3.05, 3.63) is 41.2 Å². The number of morpholine rings is 1. The number of nitrogens with zero attached hydrogens (tertiary/aromatic N) is 4. The van der Waals surface area contributed by atoms with Gasteiger partial charge in [0.05, 0.1) is 19.3 Å². The third kappa shape index (κ3) is 4.58. The van der Waals surface area contributed by atoms with Crippen molar-refractivity contribution >= 4 is 34.3 Å². The number of nitrogens with one attached hydrogen (secondary N) is 2. The summed E-state index contributed by atoms with van der Waals surface area (Å²) in [4.78, 5) is 30.3. The number of hydrogen-bond acceptors (Lipinski definition) is 7. The van der Waals surface area contributed by atoms with Crippen LogP contribution in [-0.2, 0) is 11.2 Å². The minimum atomic E-state index is -0.278. The van der Waals surface area contributed by atoms with E-state index in [2.05, 4.69) is 38.9 Å². The fraction of sp³-hybridized carbons (Fsp3) is 0.480. The van der Waals surface area contributed by atoms with Crippen molar-refractivity contribution < 1.29 is 14.6 Å². The van der Waals surface area contributed by atoms with Gasteiger partial charge in [-0.3, -0.25) is 4.79 Å². The number of aromatic amines is 1. The Bertz CT molecular complexity index is 1180. The van der Waals surface area contributed by atoms with Crippen molar-refractivity contribution in [3.8, 4) is 0 Å². The molecule has 1 aromatic carbocycles. The fourth-order valence-corrected chi connectivity index (χ4v) is 4.81. The highest BCUT2D eigenvalue weighted by atomic mass is 16.5. The van der Waals surface area contributed by atoms with E-state index in [1.54, 1.807) is 6.07 Å². The van der Waals surface area contributed by atoms with Crippen molar-refractivity contribution in [1.29, 1.82) is 0 Å². The van der Waals surface area contributed by atoms with E-state index in [9.17, 15) is 9.90 Å². The van der Waals surface area contributed by atoms with Crippen LogP contribution in [0.5, 0.6) is 0 Å². The van der Waals surface area contributed by atoms with Gasteiger partial charge in [-0.1, -0.05) is 6.92 Å². The molecule has 2 aliphatic heterocycles. The predicted molar refractivity (Wildman–Crippen MR) is 133 cm³/mol. The van der Waals surface area contributed by atoms with Gasteiger partial charge >= 0.3 is 0 Å². The van der Waals surface area contributed by atoms with Gasteiger partial charge in [0.15, 0.2) is 0 Å². The molecule has 0 spiro atoms. The number of carbonyl (C=O) groups excluding carboxylic acids is 1. The van der Waals surface area contributed by atoms with Crippen LogP contribution in [0.2, 0.25) is 0 Å². The van der Waals surface area contributed by atoms with Crippen LogP contribution in [-0.4, -0.2) is 71.5 Å². The molecule has 0 unspecified atom stereocenters. The van der Waals surface area contributed by atoms with E-state index in [4.69, 9.17) is 9.72 Å². The molecular weight excluding hydrogens is 432 g/mol. The zero-order chi connectivity index (χ0) is 23.7. The number of aliphatic hydroxyl groups is 1. The molecule has 4 heterocycles. The molecule has 180 valence electrons. The van der Waals surface area contributed by atoms with Crippen molar-refractivity contribution in [1.82, 2.24) is 15.0 Å². The maximum absolute atomic E-state index is 13.3. The molecule has 2 fully saturated rings. The third-order valence-corrected chi connectivity index (χ3v) is 6.75. The Morgan fingerprint density at radius 3 is 2.65 bits per heavy atom. The van der Waals surface area contributed by atoms with E-state index < -0.39 is 0 Å². The van der Waals surface area contributed by atoms with Crippen molar-refractivity contribution in [2.45, 2.75) is 39.2 Å². The summed E-state index contributed by atoms with van der Waals surface area (Å²) >= 11 is 0. The molecule has 9 nitrogen and oxygen atoms in total. The van der Waals surface area contributed by atoms with Crippen LogP contribution in [0.15, 0.2) is 24.3 Å². The summed E-state index contributed by atoms with van der Waals surface area (Å²) in [5, 5.41) is 14.1. The van der Waals surface area contributed by atoms with Crippen molar-refractivity contribution in [3.63, 3.8) is 0 Å². The van der Waals surface area contributed by atoms with Gasteiger partial charge in [-0.25, -0.2) is 4.98 Å². The van der Waals surface area contributed by atoms with Crippen molar-refractivity contribution in [2.75, 3.05) is 54.5 Å². The first kappa shape index (κ1) is 22.6. The molecule has 2 aliphatic rings. The van der Waals surface area contributed by atoms with Crippen LogP contribution >= 0.6 is 0 Å². The van der Waals surface area contributed by atoms with E-state index in [-0.39, 0.29) is 12.0 Å². The Balaban J connectivity index is 1.44. The van der Waals surface area contributed by atoms with Crippen LogP contribution in [0.25, 0.3) is 10.9 Å². The Kier molecular flexibility index (Phi) is 6.38. The highest BCUT2D eigenvalue weighted by Crippen LogP contribution is 2.27. The first-order valence-corrected chi connectivity index (χ1v) is 12.1. The van der Waals surface area contributed by atoms with Gasteiger partial charge in [-0.2, -0.15) is 4.98 Å². The number of carbonyl (C=O) groups is 1. The summed E-state index contributed by atoms with van der Waals surface area (Å²) < 4.78 is 5.47. The average molecular weight is 465 g/mol. The average Bonchev–Trinajstić information content (AvgIpc) is 3.18. The van der Waals surface area contributed by atoms with Crippen LogP contribution in [0.4, 0.5) is 17.5 Å². The van der Waals surface area contributed by atoms with Gasteiger partial charge in [-0.05, 0) is 49.9 Å². The molecule has 5 rings (SSSR count). The number of anilines is 3. The standard InChI is InChI=1S/C25H32N6O3/c1-3-19-16(2)26-21-5-4-17(14-20(19)21)27-24(33)22-15-23(30-8-6-18(32)7-9-30)29-25(28-22)31-10-12-34-13-11-31/h4-5,14-15,18,26,32H,3,6-13H2,1-2H3,(H,27,33). The van der Waals surface area contributed by atoms with E-state index in [1.807, 2.05) is 18.2 Å². The highest BCUT2D eigenvalue weighted by molar-refractivity contribution is 6.04. The molecule has 3 N–H and O–H groups in total. The molecule has 0 saturated carbocycles. The number of aryl methyl sites for hydroxylation is 2. The van der Waals surface area contributed by atoms with Crippen molar-refractivity contribution in [2.24, 2.45) is 0 Å². The van der Waals surface area contributed by atoms with Gasteiger partial charge in [0.25, 0.3) is 5.91 Å². The molecular formula is C25H32N6O3. The number of aromatic nitrogens is 3. The maximum Gasteiger partial charge on any atom is 0.274 e. The molecule has 9 heteroatoms. The van der Waals surface area contributed by atoms with E-state index in [0.29, 0.717) is 63.9 Å². The molecule has 0 aliphatic carbocycles. The summed E-state index contributed by atoms with van der Waals surface area (Å²) in [7, 11) is 0. The summed E-state index contributed by atoms with van der Waals surface area (Å²) in [5.74, 6) is 1.00. The molecule has 3 aromatic rings. The highest BCUT2D eigenvalue weighted by Gasteiger charge is 2.23. The zero-order valence-corrected chi connectivity index (χ0v) is 19.8. The molecule has 2 saturated heterocycles. The number of aliphatic hydroxyl groups excluding tert-OH is 1. The molecule has 1 amide bonds. The number of ether oxygens (including phenoxy) is 1. The minimum Gasteiger partial charge on any atom is -0.393 e. The molecule has 0 bridgehead atoms. The SMILES string of the molecule is CCc1c(C)[nH]c2ccc(NC(=O)c3cc(N4CCC(O)CC4)nc(N4CCOCC4)n3)cc12. The first-order chi connectivity index (χ1) is 16.5. The molecule has 2 aromatic heterocycles. The van der Waals surface area contributed by atoms with Gasteiger partial charge in [0.1, 0.15) is 11.5 Å². The second-order valence-corrected chi connectivity index (χ2v) is 9.03. The monoisotopic (exact) mass is 464 g/mol. The lowest BCUT2D eigenvalue weighted by Crippen LogP contribution is -2.39. The lowest BCUT2D eigenvalue weighted by molar-refractivity contribution is 0.102. The predicted octanol–water partition coefficient (Wildman–Crippen LogP) is 2.88. The number of hydrogen-bond donors (Lipinski definition) is 3. The second-order valence-electron chi connectivity index (χ2n) is 9.03. The second kappa shape index (κ2) is 9.60. The number of H-pyrrole nitrogens is 1. The minimum absolute atomic E-state index is 0.264. The van der Waals surface area contributed by atoms with Gasteiger partial charge in [0, 0.05) is 54.5 Å². The number of amides is 1. The van der Waals surface area contributed by atoms with E-state index >= 15 is 0 Å². The van der Waals surface area contributed by atoms with Crippen LogP contribution in [0.3, 0.4) is 0 Å². The van der Waals surface area contributed by atoms with Gasteiger partial charge in [-0.15, -0.1) is 0 Å². The third-order valence-electron chi connectivity index (χ3n) is 6.75. The molecule has 34 heavy (non-hydrogen) atoms. The Labute approximate surface area is 199 Å². The van der Waals surface area contributed by atoms with Crippen LogP contribution in [0.1, 0.15) is 41.5 Å². The molecule has 0 atom stereocenters. The van der Waals surface area contributed by atoms with E-state index in [1.165, 1.54) is 5.56 Å². The van der Waals surface area contributed by atoms with E-state index in [0.717, 1.165) is 34.5 Å². The number of benzene rings is 1. The summed E-state index contributed by atoms with van der Waals surface area (Å²) in [6.45, 7) is 8.21. The van der Waals surface area contributed by atoms with Gasteiger partial charge < -0.3 is 29.9 Å². The lowest BCUT2D eigenvalue weighted by Gasteiger charge is -2.32. The largest absolute Gasteiger partial charge is 0.393 e. The smallest absolute Gasteiger partial charge is 0.274 e. The fourth-order valence-electron chi connectivity index (χ4n) is 4.81. The Morgan fingerprint density at radius 1 is 1.15 bits per heavy atom. The molecule has 0 radical (unpaired) electrons. The normalized spacial score (nSPS) is 17.4. The van der Waals surface area contributed by atoms with Gasteiger partial charge in [0.2, 0.25) is 5.95 Å². The topological polar surface area (TPSA) is 107 Å². The number of rotatable bonds is 5. The van der Waals surface area contributed by atoms with Crippen LogP contribution in [0, 0.1) is 6.92 Å². The zero-order valence-electron chi connectivity index (χ0n) is 19.8. The summed E-state index contributed by atoms with van der Waals surface area (Å²) in [6, 6.07) is 7.69. The number of piperidine rings is 1. The summed E-state index contributed by atoms with van der Waals surface area (Å²) in [6.07, 6.45) is 2.02. The summed E-state index contributed by atoms with van der Waals surface area (Å²) in [5.41, 5.74) is 4.55. The van der Waals surface area contributed by atoms with Crippen LogP contribution < -0.4 is 15.1 Å². The number of fused-ring (bicyclic) bond motifs is 1. The quantitative estimate of drug-likeness (QED) is 0.533. The maximum atomic E-state index is 13.3. The lowest BCUT2D eigenvalue weighted by atomic mass is 10.1.